The lowest BCUT2D eigenvalue weighted by atomic mass is 10.1. The van der Waals surface area contributed by atoms with Crippen LogP contribution in [-0.4, -0.2) is 45.8 Å². The number of hydrogen-bond acceptors (Lipinski definition) is 3. The number of carboxylic acid groups (broad SMARTS) is 1. The van der Waals surface area contributed by atoms with Crippen LogP contribution < -0.4 is 0 Å². The summed E-state index contributed by atoms with van der Waals surface area (Å²) in [4.78, 5) is 12.4. The van der Waals surface area contributed by atoms with Crippen LogP contribution in [0.1, 0.15) is 34.1 Å². The average Bonchev–Trinajstić information content (AvgIpc) is 1.94. The van der Waals surface area contributed by atoms with Crippen LogP contribution in [0.3, 0.4) is 0 Å². The third-order valence-electron chi connectivity index (χ3n) is 2.08. The second-order valence-corrected chi connectivity index (χ2v) is 4.52. The van der Waals surface area contributed by atoms with Crippen LogP contribution in [0.4, 0.5) is 0 Å². The van der Waals surface area contributed by atoms with Crippen LogP contribution in [0, 0.1) is 0 Å². The van der Waals surface area contributed by atoms with E-state index < -0.39 is 11.6 Å². The van der Waals surface area contributed by atoms with E-state index in [1.165, 1.54) is 0 Å². The van der Waals surface area contributed by atoms with Gasteiger partial charge in [-0.1, -0.05) is 0 Å². The molecule has 14 heavy (non-hydrogen) atoms. The third kappa shape index (κ3) is 6.86. The van der Waals surface area contributed by atoms with Gasteiger partial charge in [-0.3, -0.25) is 9.69 Å². The minimum absolute atomic E-state index is 0.0355. The minimum atomic E-state index is -0.825. The van der Waals surface area contributed by atoms with Gasteiger partial charge in [0.15, 0.2) is 0 Å². The highest BCUT2D eigenvalue weighted by molar-refractivity contribution is 5.69. The van der Waals surface area contributed by atoms with E-state index in [1.807, 2.05) is 18.7 Å². The van der Waals surface area contributed by atoms with E-state index in [1.54, 1.807) is 13.8 Å². The number of carbonyl (C=O) groups is 1. The summed E-state index contributed by atoms with van der Waals surface area (Å²) in [6.45, 7) is 8.00. The lowest BCUT2D eigenvalue weighted by Crippen LogP contribution is -2.39. The molecule has 84 valence electrons. The Morgan fingerprint density at radius 3 is 2.21 bits per heavy atom. The maximum atomic E-state index is 10.5. The van der Waals surface area contributed by atoms with Crippen molar-refractivity contribution in [2.24, 2.45) is 0 Å². The largest absolute Gasteiger partial charge is 0.480 e. The van der Waals surface area contributed by atoms with E-state index in [-0.39, 0.29) is 12.6 Å². The Labute approximate surface area is 85.5 Å². The number of rotatable bonds is 6. The Hall–Kier alpha value is -0.610. The van der Waals surface area contributed by atoms with Crippen molar-refractivity contribution in [2.45, 2.75) is 45.8 Å². The van der Waals surface area contributed by atoms with Crippen molar-refractivity contribution in [3.05, 3.63) is 0 Å². The molecule has 0 aromatic carbocycles. The third-order valence-corrected chi connectivity index (χ3v) is 2.08. The summed E-state index contributed by atoms with van der Waals surface area (Å²) in [5, 5.41) is 18.2. The fraction of sp³-hybridized carbons (Fsp3) is 0.900. The molecule has 0 aliphatic rings. The molecule has 0 saturated heterocycles. The highest BCUT2D eigenvalue weighted by Crippen LogP contribution is 2.09. The summed E-state index contributed by atoms with van der Waals surface area (Å²) in [5.74, 6) is -0.825. The summed E-state index contributed by atoms with van der Waals surface area (Å²) < 4.78 is 0. The molecule has 0 aromatic heterocycles. The van der Waals surface area contributed by atoms with Gasteiger partial charge in [0.2, 0.25) is 0 Å². The zero-order valence-electron chi connectivity index (χ0n) is 9.45. The molecular formula is C10H21NO3. The summed E-state index contributed by atoms with van der Waals surface area (Å²) in [7, 11) is 0. The number of aliphatic hydroxyl groups is 1. The second kappa shape index (κ2) is 5.32. The van der Waals surface area contributed by atoms with Crippen LogP contribution in [-0.2, 0) is 4.79 Å². The van der Waals surface area contributed by atoms with Gasteiger partial charge in [-0.15, -0.1) is 0 Å². The SMILES string of the molecule is CC(C)N(CCC(C)(C)O)CC(=O)O. The molecule has 0 aliphatic heterocycles. The topological polar surface area (TPSA) is 60.8 Å². The predicted molar refractivity (Wildman–Crippen MR) is 55.3 cm³/mol. The van der Waals surface area contributed by atoms with Gasteiger partial charge in [0, 0.05) is 12.6 Å². The molecule has 0 radical (unpaired) electrons. The average molecular weight is 203 g/mol. The minimum Gasteiger partial charge on any atom is -0.480 e. The Morgan fingerprint density at radius 2 is 1.93 bits per heavy atom. The van der Waals surface area contributed by atoms with E-state index in [4.69, 9.17) is 5.11 Å². The van der Waals surface area contributed by atoms with Crippen molar-refractivity contribution >= 4 is 5.97 Å². The molecule has 0 aliphatic carbocycles. The summed E-state index contributed by atoms with van der Waals surface area (Å²) in [6, 6.07) is 0.188. The Bertz CT molecular complexity index is 184. The number of nitrogens with zero attached hydrogens (tertiary/aromatic N) is 1. The number of aliphatic carboxylic acids is 1. The van der Waals surface area contributed by atoms with Crippen molar-refractivity contribution in [3.8, 4) is 0 Å². The smallest absolute Gasteiger partial charge is 0.317 e. The lowest BCUT2D eigenvalue weighted by molar-refractivity contribution is -0.139. The molecule has 0 unspecified atom stereocenters. The van der Waals surface area contributed by atoms with Gasteiger partial charge in [0.25, 0.3) is 0 Å². The summed E-state index contributed by atoms with van der Waals surface area (Å²) in [6.07, 6.45) is 0.582. The zero-order valence-corrected chi connectivity index (χ0v) is 9.45. The number of hydrogen-bond donors (Lipinski definition) is 2. The monoisotopic (exact) mass is 203 g/mol. The van der Waals surface area contributed by atoms with Gasteiger partial charge in [-0.25, -0.2) is 0 Å². The molecule has 0 fully saturated rings. The number of carboxylic acids is 1. The van der Waals surface area contributed by atoms with Gasteiger partial charge in [-0.05, 0) is 34.1 Å². The fourth-order valence-corrected chi connectivity index (χ4v) is 1.11. The molecule has 0 heterocycles. The van der Waals surface area contributed by atoms with E-state index in [2.05, 4.69) is 0 Å². The molecule has 4 heteroatoms. The molecule has 0 amide bonds. The van der Waals surface area contributed by atoms with Crippen molar-refractivity contribution in [3.63, 3.8) is 0 Å². The molecule has 0 bridgehead atoms. The maximum Gasteiger partial charge on any atom is 0.317 e. The molecule has 0 saturated carbocycles. The molecule has 4 nitrogen and oxygen atoms in total. The van der Waals surface area contributed by atoms with E-state index in [0.29, 0.717) is 13.0 Å². The molecule has 0 rings (SSSR count). The van der Waals surface area contributed by atoms with Crippen LogP contribution >= 0.6 is 0 Å². The Morgan fingerprint density at radius 1 is 1.43 bits per heavy atom. The molecule has 0 atom stereocenters. The highest BCUT2D eigenvalue weighted by Gasteiger charge is 2.18. The van der Waals surface area contributed by atoms with Gasteiger partial charge in [0.05, 0.1) is 12.1 Å². The second-order valence-electron chi connectivity index (χ2n) is 4.52. The lowest BCUT2D eigenvalue weighted by Gasteiger charge is -2.27. The van der Waals surface area contributed by atoms with Gasteiger partial charge in [0.1, 0.15) is 0 Å². The first kappa shape index (κ1) is 13.4. The van der Waals surface area contributed by atoms with Gasteiger partial charge >= 0.3 is 5.97 Å². The fourth-order valence-electron chi connectivity index (χ4n) is 1.11. The van der Waals surface area contributed by atoms with Crippen molar-refractivity contribution in [1.82, 2.24) is 4.90 Å². The maximum absolute atomic E-state index is 10.5. The first-order valence-corrected chi connectivity index (χ1v) is 4.90. The summed E-state index contributed by atoms with van der Waals surface area (Å²) >= 11 is 0. The van der Waals surface area contributed by atoms with E-state index in [9.17, 15) is 9.90 Å². The van der Waals surface area contributed by atoms with Crippen molar-refractivity contribution in [2.75, 3.05) is 13.1 Å². The van der Waals surface area contributed by atoms with Crippen LogP contribution in [0.25, 0.3) is 0 Å². The first-order chi connectivity index (χ1) is 6.22. The van der Waals surface area contributed by atoms with E-state index >= 15 is 0 Å². The highest BCUT2D eigenvalue weighted by atomic mass is 16.4. The van der Waals surface area contributed by atoms with E-state index in [0.717, 1.165) is 0 Å². The standard InChI is InChI=1S/C10H21NO3/c1-8(2)11(7-9(12)13)6-5-10(3,4)14/h8,14H,5-7H2,1-4H3,(H,12,13). The molecule has 0 spiro atoms. The van der Waals surface area contributed by atoms with Crippen molar-refractivity contribution in [1.29, 1.82) is 0 Å². The Kier molecular flexibility index (Phi) is 5.08. The van der Waals surface area contributed by atoms with Gasteiger partial charge < -0.3 is 10.2 Å². The van der Waals surface area contributed by atoms with Crippen LogP contribution in [0.2, 0.25) is 0 Å². The molecular weight excluding hydrogens is 182 g/mol. The Balaban J connectivity index is 4.04. The first-order valence-electron chi connectivity index (χ1n) is 4.90. The van der Waals surface area contributed by atoms with Crippen LogP contribution in [0.5, 0.6) is 0 Å². The molecule has 2 N–H and O–H groups in total. The quantitative estimate of drug-likeness (QED) is 0.674. The predicted octanol–water partition coefficient (Wildman–Crippen LogP) is 0.942. The summed E-state index contributed by atoms with van der Waals surface area (Å²) in [5.41, 5.74) is -0.731. The zero-order chi connectivity index (χ0) is 11.4. The van der Waals surface area contributed by atoms with Crippen LogP contribution in [0.15, 0.2) is 0 Å². The van der Waals surface area contributed by atoms with Gasteiger partial charge in [-0.2, -0.15) is 0 Å². The molecule has 0 aromatic rings. The van der Waals surface area contributed by atoms with Crippen molar-refractivity contribution < 1.29 is 15.0 Å². The normalized spacial score (nSPS) is 12.5.